The number of rotatable bonds is 8. The van der Waals surface area contributed by atoms with Crippen LogP contribution in [0.15, 0.2) is 0 Å². The van der Waals surface area contributed by atoms with Crippen molar-refractivity contribution in [2.45, 2.75) is 90.1 Å². The van der Waals surface area contributed by atoms with E-state index in [0.717, 1.165) is 31.7 Å². The number of nitrogens with two attached hydrogens (primary N) is 1. The topological polar surface area (TPSA) is 46.3 Å². The van der Waals surface area contributed by atoms with Gasteiger partial charge in [0.05, 0.1) is 0 Å². The van der Waals surface area contributed by atoms with E-state index in [9.17, 15) is 4.79 Å². The first kappa shape index (κ1) is 16.8. The maximum absolute atomic E-state index is 12.8. The van der Waals surface area contributed by atoms with Gasteiger partial charge < -0.3 is 10.6 Å². The summed E-state index contributed by atoms with van der Waals surface area (Å²) in [5, 5.41) is 0. The fourth-order valence-corrected chi connectivity index (χ4v) is 3.61. The highest BCUT2D eigenvalue weighted by molar-refractivity contribution is 5.79. The smallest absolute Gasteiger partial charge is 0.225 e. The molecule has 0 saturated heterocycles. The number of carbonyl (C=O) groups is 1. The summed E-state index contributed by atoms with van der Waals surface area (Å²) in [6, 6.07) is 0.824. The summed E-state index contributed by atoms with van der Waals surface area (Å²) >= 11 is 0. The van der Waals surface area contributed by atoms with Crippen molar-refractivity contribution in [2.75, 3.05) is 6.54 Å². The van der Waals surface area contributed by atoms with Crippen LogP contribution in [0.25, 0.3) is 0 Å². The van der Waals surface area contributed by atoms with E-state index in [2.05, 4.69) is 11.8 Å². The zero-order chi connectivity index (χ0) is 15.2. The third-order valence-corrected chi connectivity index (χ3v) is 5.17. The molecule has 0 aliphatic heterocycles. The van der Waals surface area contributed by atoms with Crippen molar-refractivity contribution < 1.29 is 4.79 Å². The molecule has 0 bridgehead atoms. The van der Waals surface area contributed by atoms with Crippen LogP contribution >= 0.6 is 0 Å². The van der Waals surface area contributed by atoms with Crippen LogP contribution in [-0.2, 0) is 4.79 Å². The van der Waals surface area contributed by atoms with Gasteiger partial charge in [-0.05, 0) is 51.4 Å². The molecular formula is C18H34N2O. The molecular weight excluding hydrogens is 260 g/mol. The minimum atomic E-state index is 0.174. The highest BCUT2D eigenvalue weighted by Crippen LogP contribution is 2.32. The van der Waals surface area contributed by atoms with E-state index in [1.165, 1.54) is 44.9 Å². The summed E-state index contributed by atoms with van der Waals surface area (Å²) in [5.74, 6) is 1.35. The highest BCUT2D eigenvalue weighted by atomic mass is 16.2. The van der Waals surface area contributed by atoms with Gasteiger partial charge in [-0.1, -0.05) is 32.6 Å². The standard InChI is InChI=1S/C18H34N2O/c1-14(7-6-8-15(2)19)18(21)20(17-11-12-17)13-16-9-4-3-5-10-16/h14-17H,3-13,19H2,1-2H3. The van der Waals surface area contributed by atoms with E-state index in [0.29, 0.717) is 11.9 Å². The van der Waals surface area contributed by atoms with Crippen LogP contribution in [0.4, 0.5) is 0 Å². The van der Waals surface area contributed by atoms with Crippen LogP contribution in [0.1, 0.15) is 78.1 Å². The molecule has 0 aromatic rings. The van der Waals surface area contributed by atoms with Gasteiger partial charge in [-0.25, -0.2) is 0 Å². The first-order valence-corrected chi connectivity index (χ1v) is 9.14. The monoisotopic (exact) mass is 294 g/mol. The van der Waals surface area contributed by atoms with Crippen molar-refractivity contribution in [2.24, 2.45) is 17.6 Å². The van der Waals surface area contributed by atoms with Crippen LogP contribution in [0.2, 0.25) is 0 Å². The van der Waals surface area contributed by atoms with Crippen LogP contribution in [0.3, 0.4) is 0 Å². The zero-order valence-corrected chi connectivity index (χ0v) is 14.0. The van der Waals surface area contributed by atoms with E-state index >= 15 is 0 Å². The predicted octanol–water partition coefficient (Wildman–Crippen LogP) is 3.71. The van der Waals surface area contributed by atoms with Gasteiger partial charge in [-0.15, -0.1) is 0 Å². The van der Waals surface area contributed by atoms with Gasteiger partial charge in [0.15, 0.2) is 0 Å². The summed E-state index contributed by atoms with van der Waals surface area (Å²) in [5.41, 5.74) is 5.80. The number of carbonyl (C=O) groups excluding carboxylic acids is 1. The minimum absolute atomic E-state index is 0.174. The lowest BCUT2D eigenvalue weighted by molar-refractivity contribution is -0.136. The molecule has 2 fully saturated rings. The molecule has 1 amide bonds. The Morgan fingerprint density at radius 3 is 2.33 bits per heavy atom. The molecule has 0 aromatic carbocycles. The molecule has 122 valence electrons. The number of hydrogen-bond acceptors (Lipinski definition) is 2. The maximum Gasteiger partial charge on any atom is 0.225 e. The average molecular weight is 294 g/mol. The van der Waals surface area contributed by atoms with Gasteiger partial charge in [-0.3, -0.25) is 4.79 Å². The van der Waals surface area contributed by atoms with E-state index < -0.39 is 0 Å². The Hall–Kier alpha value is -0.570. The second-order valence-electron chi connectivity index (χ2n) is 7.54. The summed E-state index contributed by atoms with van der Waals surface area (Å²) in [7, 11) is 0. The van der Waals surface area contributed by atoms with Crippen LogP contribution < -0.4 is 5.73 Å². The highest BCUT2D eigenvalue weighted by Gasteiger charge is 2.35. The Balaban J connectivity index is 1.80. The minimum Gasteiger partial charge on any atom is -0.339 e. The fraction of sp³-hybridized carbons (Fsp3) is 0.944. The number of amides is 1. The van der Waals surface area contributed by atoms with E-state index in [4.69, 9.17) is 5.73 Å². The molecule has 0 spiro atoms. The normalized spacial score (nSPS) is 22.8. The molecule has 2 rings (SSSR count). The quantitative estimate of drug-likeness (QED) is 0.741. The van der Waals surface area contributed by atoms with Crippen LogP contribution in [-0.4, -0.2) is 29.4 Å². The molecule has 2 aliphatic rings. The second kappa shape index (κ2) is 8.17. The molecule has 0 heterocycles. The molecule has 0 aromatic heterocycles. The van der Waals surface area contributed by atoms with Crippen molar-refractivity contribution in [1.29, 1.82) is 0 Å². The lowest BCUT2D eigenvalue weighted by atomic mass is 9.88. The Kier molecular flexibility index (Phi) is 6.53. The summed E-state index contributed by atoms with van der Waals surface area (Å²) < 4.78 is 0. The van der Waals surface area contributed by atoms with Crippen molar-refractivity contribution >= 4 is 5.91 Å². The van der Waals surface area contributed by atoms with Crippen LogP contribution in [0.5, 0.6) is 0 Å². The summed E-state index contributed by atoms with van der Waals surface area (Å²) in [6.45, 7) is 5.19. The fourth-order valence-electron chi connectivity index (χ4n) is 3.61. The first-order chi connectivity index (χ1) is 10.1. The van der Waals surface area contributed by atoms with E-state index in [1.54, 1.807) is 0 Å². The van der Waals surface area contributed by atoms with Gasteiger partial charge in [0.2, 0.25) is 5.91 Å². The van der Waals surface area contributed by atoms with Crippen molar-refractivity contribution in [3.05, 3.63) is 0 Å². The van der Waals surface area contributed by atoms with Gasteiger partial charge in [0.1, 0.15) is 0 Å². The molecule has 2 atom stereocenters. The first-order valence-electron chi connectivity index (χ1n) is 9.14. The van der Waals surface area contributed by atoms with Gasteiger partial charge in [0, 0.05) is 24.5 Å². The largest absolute Gasteiger partial charge is 0.339 e. The lowest BCUT2D eigenvalue weighted by Gasteiger charge is -2.31. The third-order valence-electron chi connectivity index (χ3n) is 5.17. The van der Waals surface area contributed by atoms with Crippen molar-refractivity contribution in [1.82, 2.24) is 4.90 Å². The SMILES string of the molecule is CC(N)CCCC(C)C(=O)N(CC1CCCCC1)C1CC1. The Morgan fingerprint density at radius 1 is 1.10 bits per heavy atom. The molecule has 2 aliphatic carbocycles. The molecule has 3 heteroatoms. The Morgan fingerprint density at radius 2 is 1.76 bits per heavy atom. The van der Waals surface area contributed by atoms with Gasteiger partial charge >= 0.3 is 0 Å². The summed E-state index contributed by atoms with van der Waals surface area (Å²) in [6.07, 6.45) is 12.3. The summed E-state index contributed by atoms with van der Waals surface area (Å²) in [4.78, 5) is 15.0. The van der Waals surface area contributed by atoms with Gasteiger partial charge in [0.25, 0.3) is 0 Å². The molecule has 2 N–H and O–H groups in total. The lowest BCUT2D eigenvalue weighted by Crippen LogP contribution is -2.40. The van der Waals surface area contributed by atoms with E-state index in [-0.39, 0.29) is 12.0 Å². The van der Waals surface area contributed by atoms with Gasteiger partial charge in [-0.2, -0.15) is 0 Å². The second-order valence-corrected chi connectivity index (χ2v) is 7.54. The molecule has 2 saturated carbocycles. The average Bonchev–Trinajstić information content (AvgIpc) is 3.29. The molecule has 21 heavy (non-hydrogen) atoms. The maximum atomic E-state index is 12.8. The zero-order valence-electron chi connectivity index (χ0n) is 14.0. The van der Waals surface area contributed by atoms with Crippen LogP contribution in [0, 0.1) is 11.8 Å². The Bertz CT molecular complexity index is 319. The molecule has 2 unspecified atom stereocenters. The third kappa shape index (κ3) is 5.61. The predicted molar refractivity (Wildman–Crippen MR) is 88.0 cm³/mol. The molecule has 3 nitrogen and oxygen atoms in total. The number of nitrogens with zero attached hydrogens (tertiary/aromatic N) is 1. The van der Waals surface area contributed by atoms with Crippen molar-refractivity contribution in [3.63, 3.8) is 0 Å². The van der Waals surface area contributed by atoms with Crippen molar-refractivity contribution in [3.8, 4) is 0 Å². The Labute approximate surface area is 130 Å². The van der Waals surface area contributed by atoms with E-state index in [1.807, 2.05) is 6.92 Å². The number of hydrogen-bond donors (Lipinski definition) is 1. The molecule has 0 radical (unpaired) electrons.